The van der Waals surface area contributed by atoms with Gasteiger partial charge in [-0.1, -0.05) is 11.8 Å². The smallest absolute Gasteiger partial charge is 0.218 e. The normalized spacial score (nSPS) is 34.7. The summed E-state index contributed by atoms with van der Waals surface area (Å²) in [5.74, 6) is 0.653. The number of aliphatic imine (C=N–C) groups is 1. The molecule has 7 heteroatoms. The van der Waals surface area contributed by atoms with Crippen LogP contribution in [0, 0.1) is 17.2 Å². The van der Waals surface area contributed by atoms with Crippen molar-refractivity contribution in [2.45, 2.75) is 23.6 Å². The Hall–Kier alpha value is -1.26. The molecular formula is C13H13BrN4OS. The van der Waals surface area contributed by atoms with Crippen LogP contribution in [0.1, 0.15) is 18.9 Å². The average molecular weight is 353 g/mol. The number of rotatable bonds is 2. The van der Waals surface area contributed by atoms with Gasteiger partial charge in [-0.15, -0.1) is 0 Å². The lowest BCUT2D eigenvalue weighted by atomic mass is 9.87. The zero-order valence-electron chi connectivity index (χ0n) is 11.1. The highest BCUT2D eigenvalue weighted by molar-refractivity contribution is 9.10. The number of nitrogens with zero attached hydrogens (tertiary/aromatic N) is 3. The first-order chi connectivity index (χ1) is 9.45. The minimum Gasteiger partial charge on any atom is -0.481 e. The molecule has 104 valence electrons. The van der Waals surface area contributed by atoms with Gasteiger partial charge in [-0.05, 0) is 35.3 Å². The lowest BCUT2D eigenvalue weighted by molar-refractivity contribution is 0.354. The van der Waals surface area contributed by atoms with Crippen molar-refractivity contribution in [3.8, 4) is 11.9 Å². The zero-order valence-corrected chi connectivity index (χ0v) is 13.5. The molecule has 0 radical (unpaired) electrons. The topological polar surface area (TPSA) is 84.3 Å². The maximum atomic E-state index is 9.43. The van der Waals surface area contributed by atoms with Crippen LogP contribution in [0.25, 0.3) is 0 Å². The van der Waals surface area contributed by atoms with Crippen molar-refractivity contribution in [3.63, 3.8) is 0 Å². The molecule has 1 aliphatic carbocycles. The Morgan fingerprint density at radius 3 is 3.05 bits per heavy atom. The van der Waals surface area contributed by atoms with Crippen LogP contribution in [0.5, 0.6) is 5.88 Å². The first kappa shape index (κ1) is 13.7. The minimum atomic E-state index is -0.576. The molecule has 3 rings (SSSR count). The van der Waals surface area contributed by atoms with E-state index in [0.29, 0.717) is 11.0 Å². The van der Waals surface area contributed by atoms with Gasteiger partial charge >= 0.3 is 0 Å². The summed E-state index contributed by atoms with van der Waals surface area (Å²) in [6.07, 6.45) is 2.46. The van der Waals surface area contributed by atoms with E-state index in [1.165, 1.54) is 11.8 Å². The van der Waals surface area contributed by atoms with Crippen LogP contribution in [-0.4, -0.2) is 22.0 Å². The maximum Gasteiger partial charge on any atom is 0.218 e. The Morgan fingerprint density at radius 2 is 2.40 bits per heavy atom. The molecule has 0 spiro atoms. The Balaban J connectivity index is 2.16. The van der Waals surface area contributed by atoms with E-state index in [1.54, 1.807) is 13.3 Å². The number of fused-ring (bicyclic) bond motifs is 1. The second-order valence-corrected chi connectivity index (χ2v) is 7.43. The Morgan fingerprint density at radius 1 is 1.65 bits per heavy atom. The van der Waals surface area contributed by atoms with Crippen LogP contribution in [-0.2, 0) is 5.54 Å². The molecule has 0 saturated heterocycles. The summed E-state index contributed by atoms with van der Waals surface area (Å²) in [7, 11) is 1.58. The van der Waals surface area contributed by atoms with Gasteiger partial charge in [0, 0.05) is 22.2 Å². The SMILES string of the molecule is COc1ncc(Br)cc1[C@@]1(C)N=C(N)S[C@@]2(C#N)C[C@H]21. The highest BCUT2D eigenvalue weighted by Gasteiger charge is 2.67. The van der Waals surface area contributed by atoms with Gasteiger partial charge in [-0.3, -0.25) is 4.99 Å². The molecule has 1 aromatic heterocycles. The second kappa shape index (κ2) is 4.37. The van der Waals surface area contributed by atoms with Gasteiger partial charge in [0.25, 0.3) is 0 Å². The number of ether oxygens (including phenoxy) is 1. The van der Waals surface area contributed by atoms with Gasteiger partial charge in [-0.2, -0.15) is 5.26 Å². The number of hydrogen-bond donors (Lipinski definition) is 1. The third-order valence-electron chi connectivity index (χ3n) is 3.96. The predicted octanol–water partition coefficient (Wildman–Crippen LogP) is 2.41. The fourth-order valence-electron chi connectivity index (χ4n) is 2.87. The molecule has 0 aromatic carbocycles. The lowest BCUT2D eigenvalue weighted by Crippen LogP contribution is -2.35. The van der Waals surface area contributed by atoms with Gasteiger partial charge in [0.1, 0.15) is 4.75 Å². The van der Waals surface area contributed by atoms with Gasteiger partial charge in [0.15, 0.2) is 5.17 Å². The fraction of sp³-hybridized carbons (Fsp3) is 0.462. The van der Waals surface area contributed by atoms with E-state index in [2.05, 4.69) is 32.0 Å². The average Bonchev–Trinajstić information content (AvgIpc) is 3.14. The number of hydrogen-bond acceptors (Lipinski definition) is 6. The van der Waals surface area contributed by atoms with Gasteiger partial charge in [-0.25, -0.2) is 4.98 Å². The van der Waals surface area contributed by atoms with E-state index in [1.807, 2.05) is 13.0 Å². The second-order valence-electron chi connectivity index (χ2n) is 5.17. The first-order valence-corrected chi connectivity index (χ1v) is 7.72. The minimum absolute atomic E-state index is 0.127. The highest BCUT2D eigenvalue weighted by Crippen LogP contribution is 2.66. The molecule has 0 unspecified atom stereocenters. The van der Waals surface area contributed by atoms with Crippen LogP contribution >= 0.6 is 27.7 Å². The monoisotopic (exact) mass is 352 g/mol. The molecule has 1 saturated carbocycles. The third kappa shape index (κ3) is 1.82. The molecule has 1 aliphatic heterocycles. The summed E-state index contributed by atoms with van der Waals surface area (Å²) >= 11 is 4.80. The van der Waals surface area contributed by atoms with Crippen molar-refractivity contribution in [3.05, 3.63) is 22.3 Å². The molecule has 0 bridgehead atoms. The Kier molecular flexibility index (Phi) is 2.99. The van der Waals surface area contributed by atoms with E-state index < -0.39 is 10.3 Å². The maximum absolute atomic E-state index is 9.43. The summed E-state index contributed by atoms with van der Waals surface area (Å²) in [5, 5.41) is 9.88. The van der Waals surface area contributed by atoms with Crippen LogP contribution in [0.3, 0.4) is 0 Å². The van der Waals surface area contributed by atoms with E-state index in [-0.39, 0.29) is 5.92 Å². The number of nitrogens with two attached hydrogens (primary N) is 1. The zero-order chi connectivity index (χ0) is 14.5. The van der Waals surface area contributed by atoms with Crippen molar-refractivity contribution in [2.75, 3.05) is 7.11 Å². The molecule has 0 amide bonds. The molecule has 1 fully saturated rings. The highest BCUT2D eigenvalue weighted by atomic mass is 79.9. The van der Waals surface area contributed by atoms with E-state index in [0.717, 1.165) is 16.5 Å². The quantitative estimate of drug-likeness (QED) is 0.883. The molecule has 2 heterocycles. The van der Waals surface area contributed by atoms with Crippen molar-refractivity contribution in [1.29, 1.82) is 5.26 Å². The molecule has 20 heavy (non-hydrogen) atoms. The number of pyridine rings is 1. The summed E-state index contributed by atoms with van der Waals surface area (Å²) in [4.78, 5) is 8.89. The van der Waals surface area contributed by atoms with Crippen molar-refractivity contribution in [1.82, 2.24) is 4.98 Å². The number of amidine groups is 1. The molecule has 5 nitrogen and oxygen atoms in total. The summed E-state index contributed by atoms with van der Waals surface area (Å²) < 4.78 is 5.76. The first-order valence-electron chi connectivity index (χ1n) is 6.11. The number of halogens is 1. The van der Waals surface area contributed by atoms with Crippen LogP contribution in [0.2, 0.25) is 0 Å². The molecule has 1 aromatic rings. The van der Waals surface area contributed by atoms with Gasteiger partial charge in [0.05, 0.1) is 18.7 Å². The standard InChI is InChI=1S/C13H13BrN4OS/c1-12(8-3-7(14)5-17-10(8)19-2)9-4-13(9,6-15)20-11(16)18-12/h3,5,9H,4H2,1-2H3,(H2,16,18)/t9-,12+,13+/m0/s1. The Labute approximate surface area is 129 Å². The van der Waals surface area contributed by atoms with E-state index in [4.69, 9.17) is 10.5 Å². The summed E-state index contributed by atoms with van der Waals surface area (Å²) in [5.41, 5.74) is 6.23. The van der Waals surface area contributed by atoms with Crippen molar-refractivity contribution >= 4 is 32.9 Å². The van der Waals surface area contributed by atoms with Gasteiger partial charge in [0.2, 0.25) is 5.88 Å². The molecule has 2 N–H and O–H groups in total. The van der Waals surface area contributed by atoms with Gasteiger partial charge < -0.3 is 10.5 Å². The number of nitriles is 1. The third-order valence-corrected chi connectivity index (χ3v) is 5.60. The summed E-state index contributed by atoms with van der Waals surface area (Å²) in [6.45, 7) is 2.00. The number of thioether (sulfide) groups is 1. The number of aromatic nitrogens is 1. The van der Waals surface area contributed by atoms with Crippen molar-refractivity contribution < 1.29 is 4.74 Å². The lowest BCUT2D eigenvalue weighted by Gasteiger charge is -2.32. The van der Waals surface area contributed by atoms with Crippen LogP contribution < -0.4 is 10.5 Å². The number of methoxy groups -OCH3 is 1. The Bertz CT molecular complexity index is 658. The van der Waals surface area contributed by atoms with Crippen LogP contribution in [0.15, 0.2) is 21.7 Å². The van der Waals surface area contributed by atoms with Crippen molar-refractivity contribution in [2.24, 2.45) is 16.6 Å². The fourth-order valence-corrected chi connectivity index (χ4v) is 4.48. The van der Waals surface area contributed by atoms with Crippen LogP contribution in [0.4, 0.5) is 0 Å². The molecule has 3 atom stereocenters. The molecule has 2 aliphatic rings. The molecular weight excluding hydrogens is 340 g/mol. The summed E-state index contributed by atoms with van der Waals surface area (Å²) in [6, 6.07) is 4.33. The van der Waals surface area contributed by atoms with E-state index >= 15 is 0 Å². The largest absolute Gasteiger partial charge is 0.481 e. The van der Waals surface area contributed by atoms with E-state index in [9.17, 15) is 5.26 Å². The predicted molar refractivity (Wildman–Crippen MR) is 81.5 cm³/mol.